The van der Waals surface area contributed by atoms with Gasteiger partial charge < -0.3 is 0 Å². The van der Waals surface area contributed by atoms with Crippen molar-refractivity contribution in [2.24, 2.45) is 0 Å². The quantitative estimate of drug-likeness (QED) is 0.548. The fourth-order valence-electron chi connectivity index (χ4n) is 3.05. The Kier molecular flexibility index (Phi) is 4.13. The van der Waals surface area contributed by atoms with Crippen LogP contribution in [0, 0.1) is 0 Å². The van der Waals surface area contributed by atoms with E-state index < -0.39 is 0 Å². The van der Waals surface area contributed by atoms with Crippen molar-refractivity contribution in [1.29, 1.82) is 0 Å². The molecule has 0 radical (unpaired) electrons. The van der Waals surface area contributed by atoms with Crippen LogP contribution in [0.3, 0.4) is 0 Å². The predicted octanol–water partition coefficient (Wildman–Crippen LogP) is 5.13. The Morgan fingerprint density at radius 1 is 1.00 bits per heavy atom. The zero-order valence-electron chi connectivity index (χ0n) is 14.5. The molecule has 0 aliphatic rings. The second-order valence-corrected chi connectivity index (χ2v) is 7.00. The van der Waals surface area contributed by atoms with Crippen LogP contribution in [0.4, 0.5) is 0 Å². The highest BCUT2D eigenvalue weighted by molar-refractivity contribution is 6.30. The predicted molar refractivity (Wildman–Crippen MR) is 106 cm³/mol. The molecule has 4 nitrogen and oxygen atoms in total. The molecule has 0 fully saturated rings. The molecule has 26 heavy (non-hydrogen) atoms. The van der Waals surface area contributed by atoms with Crippen molar-refractivity contribution < 1.29 is 0 Å². The van der Waals surface area contributed by atoms with Gasteiger partial charge in [0.05, 0.1) is 17.0 Å². The number of fused-ring (bicyclic) bond motifs is 1. The van der Waals surface area contributed by atoms with E-state index in [1.54, 1.807) is 6.07 Å². The van der Waals surface area contributed by atoms with Gasteiger partial charge in [0.1, 0.15) is 0 Å². The highest BCUT2D eigenvalue weighted by atomic mass is 35.5. The molecule has 0 unspecified atom stereocenters. The van der Waals surface area contributed by atoms with Crippen molar-refractivity contribution in [1.82, 2.24) is 14.6 Å². The van der Waals surface area contributed by atoms with Gasteiger partial charge in [0.15, 0.2) is 5.65 Å². The van der Waals surface area contributed by atoms with Crippen molar-refractivity contribution in [3.8, 4) is 22.4 Å². The topological polar surface area (TPSA) is 50.2 Å². The van der Waals surface area contributed by atoms with Gasteiger partial charge in [-0.3, -0.25) is 9.89 Å². The number of rotatable bonds is 3. The summed E-state index contributed by atoms with van der Waals surface area (Å²) in [5, 5.41) is 3.90. The molecule has 2 heterocycles. The van der Waals surface area contributed by atoms with Crippen LogP contribution in [0.5, 0.6) is 0 Å². The zero-order chi connectivity index (χ0) is 18.3. The molecule has 0 saturated heterocycles. The minimum absolute atomic E-state index is 0.115. The van der Waals surface area contributed by atoms with E-state index in [0.29, 0.717) is 10.7 Å². The first-order valence-electron chi connectivity index (χ1n) is 8.51. The number of hydrogen-bond acceptors (Lipinski definition) is 2. The van der Waals surface area contributed by atoms with Crippen LogP contribution in [-0.2, 0) is 0 Å². The van der Waals surface area contributed by atoms with Crippen LogP contribution < -0.4 is 5.56 Å². The average Bonchev–Trinajstić information content (AvgIpc) is 3.03. The summed E-state index contributed by atoms with van der Waals surface area (Å²) in [4.78, 5) is 17.4. The van der Waals surface area contributed by atoms with Gasteiger partial charge in [-0.1, -0.05) is 67.9 Å². The minimum atomic E-state index is -0.115. The van der Waals surface area contributed by atoms with Gasteiger partial charge in [-0.25, -0.2) is 9.50 Å². The molecule has 4 rings (SSSR count). The van der Waals surface area contributed by atoms with Crippen LogP contribution in [-0.4, -0.2) is 14.6 Å². The van der Waals surface area contributed by atoms with E-state index in [0.717, 1.165) is 28.1 Å². The van der Waals surface area contributed by atoms with Crippen LogP contribution >= 0.6 is 11.6 Å². The number of aromatic nitrogens is 3. The molecule has 0 aliphatic carbocycles. The second-order valence-electron chi connectivity index (χ2n) is 6.57. The largest absolute Gasteiger partial charge is 0.288 e. The number of H-pyrrole nitrogens is 1. The summed E-state index contributed by atoms with van der Waals surface area (Å²) in [7, 11) is 0. The van der Waals surface area contributed by atoms with Crippen LogP contribution in [0.1, 0.15) is 25.5 Å². The van der Waals surface area contributed by atoms with Crippen molar-refractivity contribution >= 4 is 17.2 Å². The Balaban J connectivity index is 2.09. The maximum atomic E-state index is 12.7. The summed E-state index contributed by atoms with van der Waals surface area (Å²) in [5.41, 5.74) is 5.02. The van der Waals surface area contributed by atoms with E-state index in [9.17, 15) is 4.79 Å². The minimum Gasteiger partial charge on any atom is -0.288 e. The van der Waals surface area contributed by atoms with Gasteiger partial charge in [0, 0.05) is 16.7 Å². The molecule has 1 N–H and O–H groups in total. The molecule has 2 aromatic heterocycles. The highest BCUT2D eigenvalue weighted by Crippen LogP contribution is 2.34. The van der Waals surface area contributed by atoms with Gasteiger partial charge in [-0.15, -0.1) is 0 Å². The van der Waals surface area contributed by atoms with Crippen LogP contribution in [0.25, 0.3) is 28.0 Å². The van der Waals surface area contributed by atoms with Gasteiger partial charge in [-0.05, 0) is 23.6 Å². The van der Waals surface area contributed by atoms with Gasteiger partial charge in [-0.2, -0.15) is 0 Å². The molecule has 0 saturated carbocycles. The summed E-state index contributed by atoms with van der Waals surface area (Å²) in [5.74, 6) is 0.171. The Morgan fingerprint density at radius 3 is 2.35 bits per heavy atom. The van der Waals surface area contributed by atoms with Crippen molar-refractivity contribution in [2.75, 3.05) is 0 Å². The molecule has 0 atom stereocenters. The third-order valence-electron chi connectivity index (χ3n) is 4.42. The molecule has 0 bridgehead atoms. The average molecular weight is 364 g/mol. The van der Waals surface area contributed by atoms with E-state index in [2.05, 4.69) is 5.10 Å². The number of aromatic amines is 1. The molecule has 0 amide bonds. The molecule has 4 aromatic rings. The lowest BCUT2D eigenvalue weighted by Crippen LogP contribution is -2.16. The number of hydrogen-bond donors (Lipinski definition) is 1. The fraction of sp³-hybridized carbons (Fsp3) is 0.143. The first-order chi connectivity index (χ1) is 12.5. The Labute approximate surface area is 156 Å². The number of halogens is 1. The maximum absolute atomic E-state index is 12.7. The lowest BCUT2D eigenvalue weighted by atomic mass is 10.0. The molecule has 0 aliphatic heterocycles. The maximum Gasteiger partial charge on any atom is 0.272 e. The Bertz CT molecular complexity index is 1130. The molecular formula is C21H18ClN3O. The fourth-order valence-corrected chi connectivity index (χ4v) is 3.18. The standard InChI is InChI=1S/C21H18ClN3O/c1-13(2)17-12-18(26)25-21(23-17)19(14-6-4-3-5-7-14)20(24-25)15-8-10-16(22)11-9-15/h3-13,24H,1-2H3. The van der Waals surface area contributed by atoms with E-state index >= 15 is 0 Å². The summed E-state index contributed by atoms with van der Waals surface area (Å²) < 4.78 is 1.51. The summed E-state index contributed by atoms with van der Waals surface area (Å²) in [6.45, 7) is 4.07. The first-order valence-corrected chi connectivity index (χ1v) is 8.89. The smallest absolute Gasteiger partial charge is 0.272 e. The molecule has 5 heteroatoms. The molecule has 2 aromatic carbocycles. The van der Waals surface area contributed by atoms with Crippen LogP contribution in [0.15, 0.2) is 65.5 Å². The summed E-state index contributed by atoms with van der Waals surface area (Å²) >= 11 is 6.04. The first kappa shape index (κ1) is 16.6. The number of nitrogens with one attached hydrogen (secondary N) is 1. The van der Waals surface area contributed by atoms with E-state index in [4.69, 9.17) is 16.6 Å². The Hall–Kier alpha value is -2.85. The van der Waals surface area contributed by atoms with Gasteiger partial charge >= 0.3 is 0 Å². The molecule has 0 spiro atoms. The van der Waals surface area contributed by atoms with Crippen molar-refractivity contribution in [2.45, 2.75) is 19.8 Å². The Morgan fingerprint density at radius 2 is 1.69 bits per heavy atom. The summed E-state index contributed by atoms with van der Waals surface area (Å²) in [6.07, 6.45) is 0. The third kappa shape index (κ3) is 2.82. The lowest BCUT2D eigenvalue weighted by Gasteiger charge is -2.06. The molecular weight excluding hydrogens is 346 g/mol. The van der Waals surface area contributed by atoms with Gasteiger partial charge in [0.2, 0.25) is 0 Å². The van der Waals surface area contributed by atoms with E-state index in [-0.39, 0.29) is 11.5 Å². The highest BCUT2D eigenvalue weighted by Gasteiger charge is 2.19. The summed E-state index contributed by atoms with van der Waals surface area (Å²) in [6, 6.07) is 19.1. The SMILES string of the molecule is CC(C)c1cc(=O)n2[nH]c(-c3ccc(Cl)cc3)c(-c3ccccc3)c2n1. The second kappa shape index (κ2) is 6.46. The zero-order valence-corrected chi connectivity index (χ0v) is 15.3. The van der Waals surface area contributed by atoms with Crippen LogP contribution in [0.2, 0.25) is 5.02 Å². The van der Waals surface area contributed by atoms with E-state index in [1.807, 2.05) is 68.4 Å². The normalized spacial score (nSPS) is 11.4. The van der Waals surface area contributed by atoms with E-state index in [1.165, 1.54) is 4.52 Å². The van der Waals surface area contributed by atoms with Crippen molar-refractivity contribution in [3.05, 3.63) is 81.7 Å². The number of benzene rings is 2. The lowest BCUT2D eigenvalue weighted by molar-refractivity contribution is 0.797. The number of nitrogens with zero attached hydrogens (tertiary/aromatic N) is 2. The molecule has 130 valence electrons. The van der Waals surface area contributed by atoms with Gasteiger partial charge in [0.25, 0.3) is 5.56 Å². The third-order valence-corrected chi connectivity index (χ3v) is 4.67. The van der Waals surface area contributed by atoms with Crippen molar-refractivity contribution in [3.63, 3.8) is 0 Å². The monoisotopic (exact) mass is 363 g/mol.